The molecule has 5 nitrogen and oxygen atoms in total. The fourth-order valence-electron chi connectivity index (χ4n) is 4.70. The van der Waals surface area contributed by atoms with Crippen LogP contribution < -0.4 is 4.90 Å². The minimum atomic E-state index is -0.838. The van der Waals surface area contributed by atoms with Crippen LogP contribution in [0, 0.1) is 5.41 Å². The van der Waals surface area contributed by atoms with Crippen molar-refractivity contribution < 1.29 is 14.7 Å². The van der Waals surface area contributed by atoms with Gasteiger partial charge in [0.15, 0.2) is 0 Å². The molecule has 2 heterocycles. The maximum Gasteiger partial charge on any atom is 0.337 e. The van der Waals surface area contributed by atoms with E-state index in [1.807, 2.05) is 31.1 Å². The number of aryl methyl sites for hydroxylation is 1. The van der Waals surface area contributed by atoms with Gasteiger partial charge in [-0.2, -0.15) is 0 Å². The molecule has 0 radical (unpaired) electrons. The molecule has 1 fully saturated rings. The van der Waals surface area contributed by atoms with Gasteiger partial charge in [-0.05, 0) is 74.0 Å². The maximum absolute atomic E-state index is 12.3. The first-order valence-electron chi connectivity index (χ1n) is 10.6. The number of amides is 1. The van der Waals surface area contributed by atoms with Crippen LogP contribution in [0.15, 0.2) is 18.2 Å². The van der Waals surface area contributed by atoms with Gasteiger partial charge in [0.1, 0.15) is 0 Å². The van der Waals surface area contributed by atoms with E-state index in [1.165, 1.54) is 4.88 Å². The second kappa shape index (κ2) is 7.82. The lowest BCUT2D eigenvalue weighted by molar-refractivity contribution is -0.117. The van der Waals surface area contributed by atoms with Crippen LogP contribution in [0.1, 0.15) is 59.5 Å². The summed E-state index contributed by atoms with van der Waals surface area (Å²) >= 11 is 1.64. The standard InChI is InChI=1S/C24H30N2O3S/c1-24(2)10-9-19-18(13-24)21(23(28)29)22(30-19)17-8-7-16(12-15(17)14-25(3)4)26-11-5-6-20(26)27/h7-8,12H,5-6,9-11,13-14H2,1-4H3,(H,28,29). The summed E-state index contributed by atoms with van der Waals surface area (Å²) in [4.78, 5) is 30.6. The average molecular weight is 427 g/mol. The van der Waals surface area contributed by atoms with Crippen molar-refractivity contribution in [3.63, 3.8) is 0 Å². The number of aromatic carboxylic acids is 1. The van der Waals surface area contributed by atoms with Crippen LogP contribution in [0.2, 0.25) is 0 Å². The van der Waals surface area contributed by atoms with Gasteiger partial charge in [0.25, 0.3) is 0 Å². The lowest BCUT2D eigenvalue weighted by atomic mass is 9.76. The van der Waals surface area contributed by atoms with Crippen molar-refractivity contribution >= 4 is 28.9 Å². The van der Waals surface area contributed by atoms with Gasteiger partial charge in [-0.25, -0.2) is 4.79 Å². The highest BCUT2D eigenvalue weighted by atomic mass is 32.1. The van der Waals surface area contributed by atoms with E-state index in [-0.39, 0.29) is 11.3 Å². The Kier molecular flexibility index (Phi) is 5.49. The molecule has 1 aliphatic heterocycles. The van der Waals surface area contributed by atoms with Crippen LogP contribution in [-0.2, 0) is 24.2 Å². The van der Waals surface area contributed by atoms with Gasteiger partial charge in [-0.1, -0.05) is 19.9 Å². The Bertz CT molecular complexity index is 1010. The van der Waals surface area contributed by atoms with E-state index in [9.17, 15) is 14.7 Å². The van der Waals surface area contributed by atoms with E-state index in [2.05, 4.69) is 24.8 Å². The summed E-state index contributed by atoms with van der Waals surface area (Å²) in [6, 6.07) is 6.08. The lowest BCUT2D eigenvalue weighted by Gasteiger charge is -2.29. The zero-order chi connectivity index (χ0) is 21.6. The number of rotatable bonds is 5. The Balaban J connectivity index is 1.84. The molecule has 0 bridgehead atoms. The number of carboxylic acid groups (broad SMARTS) is 1. The maximum atomic E-state index is 12.3. The first-order valence-corrected chi connectivity index (χ1v) is 11.4. The van der Waals surface area contributed by atoms with Crippen LogP contribution in [0.3, 0.4) is 0 Å². The molecule has 1 aliphatic carbocycles. The molecule has 1 saturated heterocycles. The summed E-state index contributed by atoms with van der Waals surface area (Å²) in [5.41, 5.74) is 4.59. The van der Waals surface area contributed by atoms with Gasteiger partial charge < -0.3 is 14.9 Å². The third-order valence-corrected chi connectivity index (χ3v) is 7.52. The molecule has 0 saturated carbocycles. The smallest absolute Gasteiger partial charge is 0.337 e. The molecule has 0 unspecified atom stereocenters. The van der Waals surface area contributed by atoms with E-state index in [4.69, 9.17) is 0 Å². The normalized spacial score (nSPS) is 18.2. The van der Waals surface area contributed by atoms with Crippen LogP contribution in [0.5, 0.6) is 0 Å². The van der Waals surface area contributed by atoms with Gasteiger partial charge in [0, 0.05) is 35.0 Å². The molecule has 30 heavy (non-hydrogen) atoms. The van der Waals surface area contributed by atoms with Crippen LogP contribution in [0.25, 0.3) is 10.4 Å². The van der Waals surface area contributed by atoms with Gasteiger partial charge in [0.05, 0.1) is 5.56 Å². The van der Waals surface area contributed by atoms with Crippen molar-refractivity contribution in [1.82, 2.24) is 4.90 Å². The quantitative estimate of drug-likeness (QED) is 0.745. The Hall–Kier alpha value is -2.18. The SMILES string of the molecule is CN(C)Cc1cc(N2CCCC2=O)ccc1-c1sc2c(c1C(=O)O)CC(C)(C)CC2. The Morgan fingerprint density at radius 1 is 1.27 bits per heavy atom. The minimum Gasteiger partial charge on any atom is -0.478 e. The van der Waals surface area contributed by atoms with E-state index in [0.29, 0.717) is 18.5 Å². The lowest BCUT2D eigenvalue weighted by Crippen LogP contribution is -2.24. The summed E-state index contributed by atoms with van der Waals surface area (Å²) in [5.74, 6) is -0.673. The third-order valence-electron chi connectivity index (χ3n) is 6.19. The second-order valence-corrected chi connectivity index (χ2v) is 10.7. The van der Waals surface area contributed by atoms with Crippen molar-refractivity contribution in [3.05, 3.63) is 39.8 Å². The molecule has 1 aromatic heterocycles. The predicted molar refractivity (Wildman–Crippen MR) is 121 cm³/mol. The topological polar surface area (TPSA) is 60.9 Å². The van der Waals surface area contributed by atoms with Gasteiger partial charge >= 0.3 is 5.97 Å². The number of hydrogen-bond acceptors (Lipinski definition) is 4. The van der Waals surface area contributed by atoms with Crippen molar-refractivity contribution in [2.45, 2.75) is 52.5 Å². The number of fused-ring (bicyclic) bond motifs is 1. The molecule has 0 spiro atoms. The Labute approximate surface area is 182 Å². The second-order valence-electron chi connectivity index (χ2n) is 9.58. The van der Waals surface area contributed by atoms with Crippen LogP contribution in [0.4, 0.5) is 5.69 Å². The third kappa shape index (κ3) is 3.91. The molecule has 4 rings (SSSR count). The largest absolute Gasteiger partial charge is 0.478 e. The van der Waals surface area contributed by atoms with Crippen LogP contribution >= 0.6 is 11.3 Å². The van der Waals surface area contributed by atoms with E-state index >= 15 is 0 Å². The van der Waals surface area contributed by atoms with Crippen molar-refractivity contribution in [1.29, 1.82) is 0 Å². The molecule has 1 amide bonds. The van der Waals surface area contributed by atoms with Crippen LogP contribution in [-0.4, -0.2) is 42.5 Å². The number of carbonyl (C=O) groups is 2. The summed E-state index contributed by atoms with van der Waals surface area (Å²) in [6.45, 7) is 5.89. The first-order chi connectivity index (χ1) is 14.2. The highest BCUT2D eigenvalue weighted by Crippen LogP contribution is 2.46. The molecule has 160 valence electrons. The number of nitrogens with zero attached hydrogens (tertiary/aromatic N) is 2. The monoisotopic (exact) mass is 426 g/mol. The number of carboxylic acids is 1. The number of hydrogen-bond donors (Lipinski definition) is 1. The summed E-state index contributed by atoms with van der Waals surface area (Å²) in [5, 5.41) is 10.1. The summed E-state index contributed by atoms with van der Waals surface area (Å²) < 4.78 is 0. The zero-order valence-electron chi connectivity index (χ0n) is 18.2. The molecule has 2 aliphatic rings. The first kappa shape index (κ1) is 21.1. The molecule has 2 aromatic rings. The highest BCUT2D eigenvalue weighted by Gasteiger charge is 2.33. The molecule has 1 N–H and O–H groups in total. The molecule has 1 aromatic carbocycles. The molecular formula is C24H30N2O3S. The minimum absolute atomic E-state index is 0.127. The molecular weight excluding hydrogens is 396 g/mol. The number of benzene rings is 1. The number of thiophene rings is 1. The van der Waals surface area contributed by atoms with E-state index in [1.54, 1.807) is 11.3 Å². The van der Waals surface area contributed by atoms with Crippen molar-refractivity contribution in [2.24, 2.45) is 5.41 Å². The van der Waals surface area contributed by atoms with Crippen molar-refractivity contribution in [3.8, 4) is 10.4 Å². The highest BCUT2D eigenvalue weighted by molar-refractivity contribution is 7.16. The Morgan fingerprint density at radius 2 is 2.03 bits per heavy atom. The van der Waals surface area contributed by atoms with Crippen molar-refractivity contribution in [2.75, 3.05) is 25.5 Å². The Morgan fingerprint density at radius 3 is 2.67 bits per heavy atom. The number of carbonyl (C=O) groups excluding carboxylic acids is 1. The number of anilines is 1. The fraction of sp³-hybridized carbons (Fsp3) is 0.500. The van der Waals surface area contributed by atoms with Gasteiger partial charge in [-0.15, -0.1) is 11.3 Å². The molecule has 6 heteroatoms. The summed E-state index contributed by atoms with van der Waals surface area (Å²) in [7, 11) is 4.02. The zero-order valence-corrected chi connectivity index (χ0v) is 19.1. The van der Waals surface area contributed by atoms with E-state index < -0.39 is 5.97 Å². The predicted octanol–water partition coefficient (Wildman–Crippen LogP) is 4.82. The fourth-order valence-corrected chi connectivity index (χ4v) is 6.07. The van der Waals surface area contributed by atoms with Gasteiger partial charge in [-0.3, -0.25) is 4.79 Å². The summed E-state index contributed by atoms with van der Waals surface area (Å²) in [6.07, 6.45) is 4.32. The molecule has 0 atom stereocenters. The van der Waals surface area contributed by atoms with E-state index in [0.717, 1.165) is 59.5 Å². The average Bonchev–Trinajstić information content (AvgIpc) is 3.23. The van der Waals surface area contributed by atoms with Gasteiger partial charge in [0.2, 0.25) is 5.91 Å².